The van der Waals surface area contributed by atoms with Crippen LogP contribution in [0.1, 0.15) is 36.4 Å². The quantitative estimate of drug-likeness (QED) is 0.725. The van der Waals surface area contributed by atoms with E-state index in [0.717, 1.165) is 22.6 Å². The molecule has 2 aliphatic heterocycles. The number of carbonyl (C=O) groups excluding carboxylic acids is 2. The molecule has 2 N–H and O–H groups in total. The first-order valence-electron chi connectivity index (χ1n) is 10.8. The SMILES string of the molecule is COc1cccc(C2=NN(C(=O)CN3CCC(C(N)=O)CC3)[C@@H](c3ccc(Cl)cc3)C2)c1. The molecule has 1 atom stereocenters. The van der Waals surface area contributed by atoms with Crippen molar-refractivity contribution in [2.75, 3.05) is 26.7 Å². The molecule has 0 aliphatic carbocycles. The Labute approximate surface area is 192 Å². The van der Waals surface area contributed by atoms with Crippen molar-refractivity contribution >= 4 is 29.1 Å². The highest BCUT2D eigenvalue weighted by Crippen LogP contribution is 2.34. The summed E-state index contributed by atoms with van der Waals surface area (Å²) in [5, 5.41) is 6.98. The van der Waals surface area contributed by atoms with Crippen molar-refractivity contribution in [3.8, 4) is 5.75 Å². The molecule has 7 nitrogen and oxygen atoms in total. The monoisotopic (exact) mass is 454 g/mol. The van der Waals surface area contributed by atoms with Gasteiger partial charge >= 0.3 is 0 Å². The molecule has 1 saturated heterocycles. The summed E-state index contributed by atoms with van der Waals surface area (Å²) >= 11 is 6.08. The molecule has 0 radical (unpaired) electrons. The Bertz CT molecular complexity index is 1020. The fourth-order valence-corrected chi connectivity index (χ4v) is 4.43. The second-order valence-corrected chi connectivity index (χ2v) is 8.68. The van der Waals surface area contributed by atoms with Crippen molar-refractivity contribution in [3.63, 3.8) is 0 Å². The predicted molar refractivity (Wildman–Crippen MR) is 124 cm³/mol. The third-order valence-electron chi connectivity index (χ3n) is 6.17. The number of nitrogens with two attached hydrogens (primary N) is 1. The number of likely N-dealkylation sites (tertiary alicyclic amines) is 1. The van der Waals surface area contributed by atoms with Crippen LogP contribution in [0.5, 0.6) is 5.75 Å². The lowest BCUT2D eigenvalue weighted by Gasteiger charge is -2.31. The molecule has 2 aromatic rings. The van der Waals surface area contributed by atoms with Gasteiger partial charge in [-0.1, -0.05) is 35.9 Å². The van der Waals surface area contributed by atoms with Gasteiger partial charge in [-0.15, -0.1) is 0 Å². The molecule has 0 aromatic heterocycles. The van der Waals surface area contributed by atoms with Crippen molar-refractivity contribution < 1.29 is 14.3 Å². The summed E-state index contributed by atoms with van der Waals surface area (Å²) in [6, 6.07) is 15.0. The van der Waals surface area contributed by atoms with E-state index in [4.69, 9.17) is 27.2 Å². The number of primary amides is 1. The molecule has 168 valence electrons. The number of methoxy groups -OCH3 is 1. The lowest BCUT2D eigenvalue weighted by molar-refractivity contribution is -0.134. The minimum absolute atomic E-state index is 0.0691. The van der Waals surface area contributed by atoms with Crippen LogP contribution in [0.3, 0.4) is 0 Å². The van der Waals surface area contributed by atoms with E-state index in [1.807, 2.05) is 48.5 Å². The maximum Gasteiger partial charge on any atom is 0.257 e. The predicted octanol–water partition coefficient (Wildman–Crippen LogP) is 3.22. The van der Waals surface area contributed by atoms with E-state index in [1.54, 1.807) is 12.1 Å². The molecule has 32 heavy (non-hydrogen) atoms. The fourth-order valence-electron chi connectivity index (χ4n) is 4.30. The molecule has 2 aromatic carbocycles. The Balaban J connectivity index is 1.55. The topological polar surface area (TPSA) is 88.2 Å². The van der Waals surface area contributed by atoms with Gasteiger partial charge in [0, 0.05) is 22.9 Å². The van der Waals surface area contributed by atoms with Gasteiger partial charge in [-0.2, -0.15) is 5.10 Å². The smallest absolute Gasteiger partial charge is 0.257 e. The molecular weight excluding hydrogens is 428 g/mol. The Hall–Kier alpha value is -2.90. The average Bonchev–Trinajstić information content (AvgIpc) is 3.26. The lowest BCUT2D eigenvalue weighted by atomic mass is 9.96. The minimum Gasteiger partial charge on any atom is -0.497 e. The zero-order valence-electron chi connectivity index (χ0n) is 18.0. The number of carbonyl (C=O) groups is 2. The Morgan fingerprint density at radius 1 is 1.16 bits per heavy atom. The van der Waals surface area contributed by atoms with E-state index in [0.29, 0.717) is 37.4 Å². The lowest BCUT2D eigenvalue weighted by Crippen LogP contribution is -2.43. The summed E-state index contributed by atoms with van der Waals surface area (Å²) in [5.41, 5.74) is 8.18. The molecular formula is C24H27ClN4O3. The van der Waals surface area contributed by atoms with Gasteiger partial charge < -0.3 is 10.5 Å². The zero-order chi connectivity index (χ0) is 22.7. The minimum atomic E-state index is -0.258. The van der Waals surface area contributed by atoms with Crippen LogP contribution < -0.4 is 10.5 Å². The summed E-state index contributed by atoms with van der Waals surface area (Å²) in [6.07, 6.45) is 1.97. The maximum atomic E-state index is 13.3. The fraction of sp³-hybridized carbons (Fsp3) is 0.375. The van der Waals surface area contributed by atoms with Gasteiger partial charge in [0.25, 0.3) is 5.91 Å². The number of ether oxygens (including phenoxy) is 1. The number of nitrogens with zero attached hydrogens (tertiary/aromatic N) is 3. The van der Waals surface area contributed by atoms with E-state index in [2.05, 4.69) is 4.90 Å². The highest BCUT2D eigenvalue weighted by molar-refractivity contribution is 6.30. The Morgan fingerprint density at radius 3 is 2.53 bits per heavy atom. The third kappa shape index (κ3) is 4.95. The van der Waals surface area contributed by atoms with Crippen LogP contribution in [0.4, 0.5) is 0 Å². The van der Waals surface area contributed by atoms with E-state index in [9.17, 15) is 9.59 Å². The number of halogens is 1. The van der Waals surface area contributed by atoms with Crippen molar-refractivity contribution in [1.82, 2.24) is 9.91 Å². The summed E-state index contributed by atoms with van der Waals surface area (Å²) in [5.74, 6) is 0.314. The first kappa shape index (κ1) is 22.3. The molecule has 0 bridgehead atoms. The molecule has 0 unspecified atom stereocenters. The Kier molecular flexibility index (Phi) is 6.77. The van der Waals surface area contributed by atoms with Crippen LogP contribution in [0.25, 0.3) is 0 Å². The van der Waals surface area contributed by atoms with Gasteiger partial charge in [-0.25, -0.2) is 5.01 Å². The van der Waals surface area contributed by atoms with E-state index >= 15 is 0 Å². The summed E-state index contributed by atoms with van der Waals surface area (Å²) in [6.45, 7) is 1.60. The number of hydrazone groups is 1. The van der Waals surface area contributed by atoms with Crippen LogP contribution in [-0.4, -0.2) is 54.2 Å². The molecule has 4 rings (SSSR count). The van der Waals surface area contributed by atoms with E-state index in [-0.39, 0.29) is 30.3 Å². The van der Waals surface area contributed by atoms with Crippen LogP contribution in [0.15, 0.2) is 53.6 Å². The van der Waals surface area contributed by atoms with Gasteiger partial charge in [-0.3, -0.25) is 14.5 Å². The second kappa shape index (κ2) is 9.71. The summed E-state index contributed by atoms with van der Waals surface area (Å²) in [7, 11) is 1.63. The normalized spacial score (nSPS) is 19.6. The van der Waals surface area contributed by atoms with E-state index in [1.165, 1.54) is 0 Å². The van der Waals surface area contributed by atoms with Crippen molar-refractivity contribution in [2.45, 2.75) is 25.3 Å². The maximum absolute atomic E-state index is 13.3. The molecule has 1 fully saturated rings. The van der Waals surface area contributed by atoms with Gasteiger partial charge in [0.2, 0.25) is 5.91 Å². The largest absolute Gasteiger partial charge is 0.497 e. The summed E-state index contributed by atoms with van der Waals surface area (Å²) < 4.78 is 5.35. The molecule has 2 heterocycles. The van der Waals surface area contributed by atoms with Gasteiger partial charge in [0.1, 0.15) is 5.75 Å². The molecule has 2 aliphatic rings. The molecule has 0 spiro atoms. The highest BCUT2D eigenvalue weighted by atomic mass is 35.5. The summed E-state index contributed by atoms with van der Waals surface area (Å²) in [4.78, 5) is 26.8. The number of hydrogen-bond acceptors (Lipinski definition) is 5. The van der Waals surface area contributed by atoms with Crippen LogP contribution in [-0.2, 0) is 9.59 Å². The van der Waals surface area contributed by atoms with Crippen LogP contribution >= 0.6 is 11.6 Å². The first-order valence-corrected chi connectivity index (χ1v) is 11.1. The van der Waals surface area contributed by atoms with E-state index < -0.39 is 0 Å². The van der Waals surface area contributed by atoms with Crippen molar-refractivity contribution in [2.24, 2.45) is 16.8 Å². The Morgan fingerprint density at radius 2 is 1.88 bits per heavy atom. The number of piperidine rings is 1. The highest BCUT2D eigenvalue weighted by Gasteiger charge is 2.34. The van der Waals surface area contributed by atoms with Gasteiger partial charge in [-0.05, 0) is 55.8 Å². The van der Waals surface area contributed by atoms with Crippen LogP contribution in [0, 0.1) is 5.92 Å². The van der Waals surface area contributed by atoms with Gasteiger partial charge in [0.05, 0.1) is 25.4 Å². The zero-order valence-corrected chi connectivity index (χ0v) is 18.8. The van der Waals surface area contributed by atoms with Crippen molar-refractivity contribution in [1.29, 1.82) is 0 Å². The molecule has 2 amide bonds. The second-order valence-electron chi connectivity index (χ2n) is 8.24. The number of rotatable bonds is 6. The number of benzene rings is 2. The van der Waals surface area contributed by atoms with Crippen LogP contribution in [0.2, 0.25) is 5.02 Å². The number of amides is 2. The first-order chi connectivity index (χ1) is 15.4. The third-order valence-corrected chi connectivity index (χ3v) is 6.42. The molecule has 8 heteroatoms. The molecule has 0 saturated carbocycles. The number of hydrogen-bond donors (Lipinski definition) is 1. The standard InChI is InChI=1S/C24H27ClN4O3/c1-32-20-4-2-3-18(13-20)21-14-22(16-5-7-19(25)8-6-16)29(27-21)23(30)15-28-11-9-17(10-12-28)24(26)31/h2-8,13,17,22H,9-12,14-15H2,1H3,(H2,26,31)/t22-/m1/s1. The van der Waals surface area contributed by atoms with Gasteiger partial charge in [0.15, 0.2) is 0 Å². The average molecular weight is 455 g/mol. The van der Waals surface area contributed by atoms with Crippen molar-refractivity contribution in [3.05, 3.63) is 64.7 Å².